The van der Waals surface area contributed by atoms with Gasteiger partial charge in [0.05, 0.1) is 0 Å². The molecule has 0 bridgehead atoms. The van der Waals surface area contributed by atoms with E-state index in [1.54, 1.807) is 0 Å². The van der Waals surface area contributed by atoms with E-state index in [-0.39, 0.29) is 0 Å². The molecule has 1 N–H and O–H groups in total. The number of hydrogen-bond acceptors (Lipinski definition) is 2. The van der Waals surface area contributed by atoms with Crippen molar-refractivity contribution in [3.63, 3.8) is 0 Å². The molecule has 4 fully saturated rings. The summed E-state index contributed by atoms with van der Waals surface area (Å²) in [6.45, 7) is 2.14. The Bertz CT molecular complexity index is 336. The highest BCUT2D eigenvalue weighted by Crippen LogP contribution is 2.68. The molecule has 4 aliphatic rings. The molecular formula is C11H15NO2. The zero-order chi connectivity index (χ0) is 9.55. The Morgan fingerprint density at radius 2 is 2.21 bits per heavy atom. The van der Waals surface area contributed by atoms with Crippen molar-refractivity contribution >= 4 is 5.97 Å². The first-order chi connectivity index (χ1) is 6.66. The third kappa shape index (κ3) is 0.659. The average Bonchev–Trinajstić information content (AvgIpc) is 2.92. The van der Waals surface area contributed by atoms with Crippen LogP contribution in [0.1, 0.15) is 25.7 Å². The van der Waals surface area contributed by atoms with Crippen LogP contribution in [-0.4, -0.2) is 34.6 Å². The van der Waals surface area contributed by atoms with Crippen molar-refractivity contribution in [3.05, 3.63) is 0 Å². The summed E-state index contributed by atoms with van der Waals surface area (Å²) in [5, 5.41) is 9.49. The van der Waals surface area contributed by atoms with E-state index in [1.165, 1.54) is 19.3 Å². The first kappa shape index (κ1) is 7.69. The minimum absolute atomic E-state index is 0.416. The molecule has 3 atom stereocenters. The van der Waals surface area contributed by atoms with Gasteiger partial charge in [0.15, 0.2) is 0 Å². The number of carboxylic acids is 1. The van der Waals surface area contributed by atoms with Crippen LogP contribution in [0.3, 0.4) is 0 Å². The summed E-state index contributed by atoms with van der Waals surface area (Å²) in [4.78, 5) is 13.8. The van der Waals surface area contributed by atoms with Crippen LogP contribution in [0.5, 0.6) is 0 Å². The van der Waals surface area contributed by atoms with E-state index in [2.05, 4.69) is 4.90 Å². The summed E-state index contributed by atoms with van der Waals surface area (Å²) in [7, 11) is 0. The van der Waals surface area contributed by atoms with E-state index < -0.39 is 11.5 Å². The maximum atomic E-state index is 11.5. The van der Waals surface area contributed by atoms with Gasteiger partial charge in [0.1, 0.15) is 5.54 Å². The van der Waals surface area contributed by atoms with Gasteiger partial charge in [0.2, 0.25) is 0 Å². The molecule has 76 valence electrons. The molecule has 0 aromatic rings. The highest BCUT2D eigenvalue weighted by molar-refractivity contribution is 5.81. The largest absolute Gasteiger partial charge is 0.480 e. The van der Waals surface area contributed by atoms with Crippen LogP contribution in [0.15, 0.2) is 0 Å². The molecule has 2 saturated heterocycles. The van der Waals surface area contributed by atoms with Gasteiger partial charge in [0.25, 0.3) is 0 Å². The van der Waals surface area contributed by atoms with Gasteiger partial charge in [-0.15, -0.1) is 0 Å². The van der Waals surface area contributed by atoms with Crippen LogP contribution in [0.4, 0.5) is 0 Å². The number of nitrogens with zero attached hydrogens (tertiary/aromatic N) is 1. The molecule has 1 spiro atoms. The number of carboxylic acid groups (broad SMARTS) is 1. The van der Waals surface area contributed by atoms with Crippen LogP contribution < -0.4 is 0 Å². The minimum atomic E-state index is -0.536. The smallest absolute Gasteiger partial charge is 0.324 e. The second-order valence-electron chi connectivity index (χ2n) is 5.89. The van der Waals surface area contributed by atoms with Crippen LogP contribution in [0, 0.1) is 17.3 Å². The van der Waals surface area contributed by atoms with Gasteiger partial charge >= 0.3 is 5.97 Å². The fourth-order valence-corrected chi connectivity index (χ4v) is 4.08. The normalized spacial score (nSPS) is 51.7. The van der Waals surface area contributed by atoms with Crippen molar-refractivity contribution < 1.29 is 9.90 Å². The second-order valence-corrected chi connectivity index (χ2v) is 5.89. The van der Waals surface area contributed by atoms with E-state index in [0.29, 0.717) is 11.3 Å². The number of hydrogen-bond donors (Lipinski definition) is 1. The van der Waals surface area contributed by atoms with Gasteiger partial charge in [-0.2, -0.15) is 0 Å². The first-order valence-electron chi connectivity index (χ1n) is 5.65. The van der Waals surface area contributed by atoms with Crippen molar-refractivity contribution in [2.75, 3.05) is 13.1 Å². The van der Waals surface area contributed by atoms with E-state index in [4.69, 9.17) is 0 Å². The zero-order valence-electron chi connectivity index (χ0n) is 8.20. The lowest BCUT2D eigenvalue weighted by atomic mass is 9.87. The van der Waals surface area contributed by atoms with Gasteiger partial charge in [-0.05, 0) is 42.9 Å². The van der Waals surface area contributed by atoms with Gasteiger partial charge in [-0.3, -0.25) is 9.69 Å². The molecule has 0 amide bonds. The predicted molar refractivity (Wildman–Crippen MR) is 49.8 cm³/mol. The summed E-state index contributed by atoms with van der Waals surface area (Å²) in [6.07, 6.45) is 4.68. The highest BCUT2D eigenvalue weighted by atomic mass is 16.4. The van der Waals surface area contributed by atoms with Gasteiger partial charge in [-0.25, -0.2) is 0 Å². The average molecular weight is 193 g/mol. The van der Waals surface area contributed by atoms with Crippen LogP contribution in [0.2, 0.25) is 0 Å². The quantitative estimate of drug-likeness (QED) is 0.674. The Kier molecular flexibility index (Phi) is 1.03. The van der Waals surface area contributed by atoms with Gasteiger partial charge in [0, 0.05) is 13.1 Å². The molecule has 3 unspecified atom stereocenters. The van der Waals surface area contributed by atoms with Crippen molar-refractivity contribution in [2.24, 2.45) is 17.3 Å². The number of carbonyl (C=O) groups is 1. The second kappa shape index (κ2) is 1.87. The Morgan fingerprint density at radius 1 is 1.43 bits per heavy atom. The standard InChI is InChI=1S/C11H15NO2/c13-9(14)11-5-10(1-2-10)6-12(11)4-7-3-8(7)11/h7-8H,1-6H2,(H,13,14). The van der Waals surface area contributed by atoms with Gasteiger partial charge < -0.3 is 5.11 Å². The lowest BCUT2D eigenvalue weighted by Gasteiger charge is -2.29. The third-order valence-electron chi connectivity index (χ3n) is 5.05. The van der Waals surface area contributed by atoms with E-state index in [1.807, 2.05) is 0 Å². The zero-order valence-corrected chi connectivity index (χ0v) is 8.20. The van der Waals surface area contributed by atoms with E-state index in [9.17, 15) is 9.90 Å². The summed E-state index contributed by atoms with van der Waals surface area (Å²) in [5.74, 6) is 0.688. The first-order valence-corrected chi connectivity index (χ1v) is 5.65. The summed E-state index contributed by atoms with van der Waals surface area (Å²) in [5.41, 5.74) is 0.0209. The Hall–Kier alpha value is -0.570. The lowest BCUT2D eigenvalue weighted by Crippen LogP contribution is -2.49. The molecule has 14 heavy (non-hydrogen) atoms. The van der Waals surface area contributed by atoms with Crippen LogP contribution in [0.25, 0.3) is 0 Å². The summed E-state index contributed by atoms with van der Waals surface area (Å²) in [6, 6.07) is 0. The minimum Gasteiger partial charge on any atom is -0.480 e. The number of fused-ring (bicyclic) bond motifs is 3. The van der Waals surface area contributed by atoms with E-state index in [0.717, 1.165) is 25.4 Å². The molecule has 0 radical (unpaired) electrons. The fraction of sp³-hybridized carbons (Fsp3) is 0.909. The van der Waals surface area contributed by atoms with Crippen molar-refractivity contribution in [1.82, 2.24) is 4.90 Å². The Labute approximate surface area is 83.1 Å². The summed E-state index contributed by atoms with van der Waals surface area (Å²) >= 11 is 0. The molecule has 3 heteroatoms. The molecule has 2 saturated carbocycles. The Balaban J connectivity index is 1.79. The molecule has 0 aromatic heterocycles. The molecule has 3 nitrogen and oxygen atoms in total. The molecule has 4 rings (SSSR count). The highest BCUT2D eigenvalue weighted by Gasteiger charge is 2.73. The SMILES string of the molecule is O=C(O)C12CC3(CC3)CN1CC1CC12. The van der Waals surface area contributed by atoms with Crippen molar-refractivity contribution in [3.8, 4) is 0 Å². The fourth-order valence-electron chi connectivity index (χ4n) is 4.08. The van der Waals surface area contributed by atoms with Gasteiger partial charge in [-0.1, -0.05) is 0 Å². The lowest BCUT2D eigenvalue weighted by molar-refractivity contribution is -0.149. The number of rotatable bonds is 1. The topological polar surface area (TPSA) is 40.5 Å². The number of aliphatic carboxylic acids is 1. The molecular weight excluding hydrogens is 178 g/mol. The third-order valence-corrected chi connectivity index (χ3v) is 5.05. The molecule has 2 aliphatic carbocycles. The molecule has 2 heterocycles. The van der Waals surface area contributed by atoms with E-state index >= 15 is 0 Å². The van der Waals surface area contributed by atoms with Crippen molar-refractivity contribution in [2.45, 2.75) is 31.2 Å². The molecule has 2 aliphatic heterocycles. The summed E-state index contributed by atoms with van der Waals surface area (Å²) < 4.78 is 0. The monoisotopic (exact) mass is 193 g/mol. The maximum Gasteiger partial charge on any atom is 0.324 e. The maximum absolute atomic E-state index is 11.5. The van der Waals surface area contributed by atoms with Crippen molar-refractivity contribution in [1.29, 1.82) is 0 Å². The number of piperidine rings is 1. The molecule has 0 aromatic carbocycles. The van der Waals surface area contributed by atoms with Crippen LogP contribution >= 0.6 is 0 Å². The Morgan fingerprint density at radius 3 is 2.79 bits per heavy atom. The predicted octanol–water partition coefficient (Wildman–Crippen LogP) is 0.945. The van der Waals surface area contributed by atoms with Crippen LogP contribution in [-0.2, 0) is 4.79 Å².